The van der Waals surface area contributed by atoms with Gasteiger partial charge in [-0.3, -0.25) is 14.9 Å². The lowest BCUT2D eigenvalue weighted by Gasteiger charge is -2.28. The third kappa shape index (κ3) is 4.26. The molecule has 170 valence electrons. The van der Waals surface area contributed by atoms with E-state index in [2.05, 4.69) is 36.8 Å². The second-order valence-electron chi connectivity index (χ2n) is 8.36. The van der Waals surface area contributed by atoms with Crippen LogP contribution < -0.4 is 15.5 Å². The predicted octanol–water partition coefficient (Wildman–Crippen LogP) is 1.83. The van der Waals surface area contributed by atoms with Crippen molar-refractivity contribution >= 4 is 44.2 Å². The fourth-order valence-corrected chi connectivity index (χ4v) is 5.09. The summed E-state index contributed by atoms with van der Waals surface area (Å²) in [4.78, 5) is 29.6. The van der Waals surface area contributed by atoms with Crippen molar-refractivity contribution in [3.8, 4) is 11.4 Å². The van der Waals surface area contributed by atoms with Crippen molar-refractivity contribution in [3.05, 3.63) is 29.5 Å². The number of anilines is 1. The van der Waals surface area contributed by atoms with Crippen LogP contribution in [0.5, 0.6) is 0 Å². The first-order valence-electron chi connectivity index (χ1n) is 11.2. The molecule has 10 nitrogen and oxygen atoms in total. The van der Waals surface area contributed by atoms with Gasteiger partial charge in [-0.15, -0.1) is 11.3 Å². The second kappa shape index (κ2) is 8.65. The number of hydrogen-bond donors (Lipinski definition) is 3. The number of nitrogens with one attached hydrogen (secondary N) is 3. The molecule has 11 heteroatoms. The van der Waals surface area contributed by atoms with E-state index in [0.29, 0.717) is 38.2 Å². The van der Waals surface area contributed by atoms with Crippen LogP contribution in [0.25, 0.3) is 32.5 Å². The Morgan fingerprint density at radius 3 is 2.94 bits per heavy atom. The molecule has 5 heterocycles. The van der Waals surface area contributed by atoms with Crippen LogP contribution in [0.4, 0.5) is 5.82 Å². The summed E-state index contributed by atoms with van der Waals surface area (Å²) in [5, 5.41) is 14.3. The van der Waals surface area contributed by atoms with Gasteiger partial charge in [-0.1, -0.05) is 0 Å². The van der Waals surface area contributed by atoms with Gasteiger partial charge in [0, 0.05) is 47.7 Å². The Labute approximate surface area is 193 Å². The Bertz CT molecular complexity index is 1310. The van der Waals surface area contributed by atoms with Crippen LogP contribution in [-0.4, -0.2) is 69.9 Å². The first kappa shape index (κ1) is 20.5. The summed E-state index contributed by atoms with van der Waals surface area (Å²) in [7, 11) is 0. The fraction of sp³-hybridized carbons (Fsp3) is 0.409. The van der Waals surface area contributed by atoms with E-state index in [1.54, 1.807) is 29.9 Å². The number of aromatic nitrogens is 5. The average molecular weight is 465 g/mol. The summed E-state index contributed by atoms with van der Waals surface area (Å²) in [6, 6.07) is 2.46. The normalized spacial score (nSPS) is 16.5. The molecular weight excluding hydrogens is 440 g/mol. The van der Waals surface area contributed by atoms with Crippen LogP contribution in [0.15, 0.2) is 24.7 Å². The molecule has 1 saturated heterocycles. The molecule has 0 unspecified atom stereocenters. The van der Waals surface area contributed by atoms with Gasteiger partial charge in [0.25, 0.3) is 0 Å². The third-order valence-electron chi connectivity index (χ3n) is 5.85. The topological polar surface area (TPSA) is 121 Å². The fourth-order valence-electron chi connectivity index (χ4n) is 4.01. The zero-order valence-corrected chi connectivity index (χ0v) is 18.8. The molecule has 4 aromatic rings. The summed E-state index contributed by atoms with van der Waals surface area (Å²) in [5.41, 5.74) is 2.59. The number of H-pyrrole nitrogens is 1. The van der Waals surface area contributed by atoms with Crippen molar-refractivity contribution in [2.45, 2.75) is 25.4 Å². The molecule has 1 saturated carbocycles. The molecular formula is C22H24N8O2S. The van der Waals surface area contributed by atoms with Crippen molar-refractivity contribution in [2.75, 3.05) is 37.7 Å². The van der Waals surface area contributed by atoms with Crippen molar-refractivity contribution in [1.82, 2.24) is 35.8 Å². The maximum Gasteiger partial charge on any atom is 0.234 e. The van der Waals surface area contributed by atoms with Crippen LogP contribution >= 0.6 is 11.3 Å². The van der Waals surface area contributed by atoms with Gasteiger partial charge in [0.05, 0.1) is 47.9 Å². The van der Waals surface area contributed by atoms with Gasteiger partial charge in [0.15, 0.2) is 11.6 Å². The number of ether oxygens (including phenoxy) is 1. The third-order valence-corrected chi connectivity index (χ3v) is 6.97. The summed E-state index contributed by atoms with van der Waals surface area (Å²) in [5.74, 6) is 1.60. The van der Waals surface area contributed by atoms with E-state index >= 15 is 0 Å². The Kier molecular flexibility index (Phi) is 5.36. The van der Waals surface area contributed by atoms with E-state index in [1.807, 2.05) is 0 Å². The van der Waals surface area contributed by atoms with E-state index in [9.17, 15) is 4.79 Å². The minimum absolute atomic E-state index is 0.0513. The minimum atomic E-state index is 0.0513. The SMILES string of the molecule is O=C(CNCc1cc2nc(-c3cncc4[nH]ncc34)nc(N3CCOCC3)c2s1)NC1CC1. The predicted molar refractivity (Wildman–Crippen MR) is 126 cm³/mol. The first-order chi connectivity index (χ1) is 16.2. The number of aromatic amines is 1. The highest BCUT2D eigenvalue weighted by Gasteiger charge is 2.23. The largest absolute Gasteiger partial charge is 0.378 e. The number of pyridine rings is 1. The molecule has 3 N–H and O–H groups in total. The quantitative estimate of drug-likeness (QED) is 0.379. The lowest BCUT2D eigenvalue weighted by atomic mass is 10.2. The van der Waals surface area contributed by atoms with Gasteiger partial charge in [0.1, 0.15) is 0 Å². The zero-order chi connectivity index (χ0) is 22.2. The maximum absolute atomic E-state index is 12.0. The molecule has 33 heavy (non-hydrogen) atoms. The molecule has 0 aromatic carbocycles. The van der Waals surface area contributed by atoms with Crippen LogP contribution in [0.2, 0.25) is 0 Å². The lowest BCUT2D eigenvalue weighted by Crippen LogP contribution is -2.36. The molecule has 0 radical (unpaired) electrons. The number of rotatable bonds is 7. The van der Waals surface area contributed by atoms with Gasteiger partial charge in [-0.05, 0) is 18.9 Å². The Morgan fingerprint density at radius 2 is 2.09 bits per heavy atom. The van der Waals surface area contributed by atoms with Gasteiger partial charge < -0.3 is 20.3 Å². The van der Waals surface area contributed by atoms with Crippen LogP contribution in [-0.2, 0) is 16.1 Å². The maximum atomic E-state index is 12.0. The summed E-state index contributed by atoms with van der Waals surface area (Å²) < 4.78 is 6.60. The summed E-state index contributed by atoms with van der Waals surface area (Å²) in [6.45, 7) is 3.84. The Hall–Kier alpha value is -3.15. The number of thiophene rings is 1. The monoisotopic (exact) mass is 464 g/mol. The Balaban J connectivity index is 1.33. The smallest absolute Gasteiger partial charge is 0.234 e. The minimum Gasteiger partial charge on any atom is -0.378 e. The van der Waals surface area contributed by atoms with Crippen LogP contribution in [0.1, 0.15) is 17.7 Å². The molecule has 6 rings (SSSR count). The molecule has 1 amide bonds. The van der Waals surface area contributed by atoms with Crippen molar-refractivity contribution in [3.63, 3.8) is 0 Å². The van der Waals surface area contributed by atoms with Crippen LogP contribution in [0, 0.1) is 0 Å². The number of hydrogen-bond acceptors (Lipinski definition) is 9. The lowest BCUT2D eigenvalue weighted by molar-refractivity contribution is -0.120. The van der Waals surface area contributed by atoms with Gasteiger partial charge >= 0.3 is 0 Å². The Morgan fingerprint density at radius 1 is 1.21 bits per heavy atom. The molecule has 1 aliphatic heterocycles. The number of amides is 1. The molecule has 2 aliphatic rings. The highest BCUT2D eigenvalue weighted by molar-refractivity contribution is 7.19. The molecule has 0 atom stereocenters. The van der Waals surface area contributed by atoms with Crippen LogP contribution in [0.3, 0.4) is 0 Å². The van der Waals surface area contributed by atoms with Gasteiger partial charge in [0.2, 0.25) is 5.91 Å². The van der Waals surface area contributed by atoms with E-state index in [0.717, 1.165) is 63.3 Å². The number of nitrogens with zero attached hydrogens (tertiary/aromatic N) is 5. The molecule has 0 bridgehead atoms. The first-order valence-corrected chi connectivity index (χ1v) is 12.0. The average Bonchev–Trinajstić information content (AvgIpc) is 3.34. The van der Waals surface area contributed by atoms with Crippen molar-refractivity contribution in [1.29, 1.82) is 0 Å². The van der Waals surface area contributed by atoms with E-state index in [1.165, 1.54) is 0 Å². The molecule has 1 aliphatic carbocycles. The van der Waals surface area contributed by atoms with Crippen molar-refractivity contribution in [2.24, 2.45) is 0 Å². The molecule has 2 fully saturated rings. The van der Waals surface area contributed by atoms with E-state index < -0.39 is 0 Å². The number of fused-ring (bicyclic) bond motifs is 2. The molecule has 4 aromatic heterocycles. The molecule has 0 spiro atoms. The summed E-state index contributed by atoms with van der Waals surface area (Å²) >= 11 is 1.67. The standard InChI is InChI=1S/C22H24N8O2S/c31-19(26-13-1-2-13)12-23-8-14-7-17-20(33-14)22(30-3-5-32-6-4-30)28-21(27-17)16-9-24-11-18-15(16)10-25-29-18/h7,9-11,13,23H,1-6,8,12H2,(H,25,29)(H,26,31). The highest BCUT2D eigenvalue weighted by Crippen LogP contribution is 2.35. The van der Waals surface area contributed by atoms with Crippen molar-refractivity contribution < 1.29 is 9.53 Å². The van der Waals surface area contributed by atoms with Gasteiger partial charge in [-0.25, -0.2) is 9.97 Å². The number of morpholine rings is 1. The number of carbonyl (C=O) groups is 1. The zero-order valence-electron chi connectivity index (χ0n) is 18.0. The second-order valence-corrected chi connectivity index (χ2v) is 9.50. The van der Waals surface area contributed by atoms with E-state index in [4.69, 9.17) is 14.7 Å². The van der Waals surface area contributed by atoms with Gasteiger partial charge in [-0.2, -0.15) is 5.10 Å². The number of carbonyl (C=O) groups excluding carboxylic acids is 1. The highest BCUT2D eigenvalue weighted by atomic mass is 32.1. The van der Waals surface area contributed by atoms with E-state index in [-0.39, 0.29) is 5.91 Å². The summed E-state index contributed by atoms with van der Waals surface area (Å²) in [6.07, 6.45) is 7.51.